The van der Waals surface area contributed by atoms with Gasteiger partial charge < -0.3 is 38.2 Å². The van der Waals surface area contributed by atoms with Crippen molar-refractivity contribution in [2.45, 2.75) is 44.3 Å². The third-order valence-corrected chi connectivity index (χ3v) is 12.8. The number of hydrogen-bond donors (Lipinski definition) is 0. The number of halogens is 2. The van der Waals surface area contributed by atoms with E-state index >= 15 is 8.78 Å². The number of pyridine rings is 2. The van der Waals surface area contributed by atoms with Gasteiger partial charge in [0.1, 0.15) is 39.5 Å². The molecular weight excluding hydrogens is 995 g/mol. The second kappa shape index (κ2) is 22.9. The summed E-state index contributed by atoms with van der Waals surface area (Å²) < 4.78 is 57.2. The minimum Gasteiger partial charge on any atom is -0.497 e. The van der Waals surface area contributed by atoms with E-state index < -0.39 is 11.6 Å². The van der Waals surface area contributed by atoms with Crippen LogP contribution in [-0.2, 0) is 30.2 Å². The number of carbonyl (C=O) groups is 2. The lowest BCUT2D eigenvalue weighted by Gasteiger charge is -2.30. The van der Waals surface area contributed by atoms with Crippen molar-refractivity contribution in [3.05, 3.63) is 103 Å². The maximum absolute atomic E-state index is 15.6. The van der Waals surface area contributed by atoms with E-state index in [1.807, 2.05) is 31.1 Å². The Balaban J connectivity index is 0.000000211. The molecular formula is C50H56F2N14O6S2. The van der Waals surface area contributed by atoms with Gasteiger partial charge in [-0.05, 0) is 37.1 Å². The third-order valence-electron chi connectivity index (χ3n) is 12.8. The van der Waals surface area contributed by atoms with Gasteiger partial charge in [0.15, 0.2) is 34.4 Å². The molecule has 2 aliphatic rings. The van der Waals surface area contributed by atoms with Gasteiger partial charge in [-0.1, -0.05) is 0 Å². The van der Waals surface area contributed by atoms with Crippen LogP contribution >= 0.6 is 27.0 Å². The Morgan fingerprint density at radius 3 is 1.80 bits per heavy atom. The van der Waals surface area contributed by atoms with Crippen LogP contribution in [-0.4, -0.2) is 132 Å². The number of benzene rings is 2. The molecule has 8 heterocycles. The Bertz CT molecular complexity index is 3430. The minimum atomic E-state index is -0.603. The van der Waals surface area contributed by atoms with Gasteiger partial charge >= 0.3 is 0 Å². The summed E-state index contributed by atoms with van der Waals surface area (Å²) in [6, 6.07) is 13.0. The van der Waals surface area contributed by atoms with E-state index in [1.54, 1.807) is 93.3 Å². The number of fused-ring (bicyclic) bond motifs is 2. The molecule has 0 spiro atoms. The molecule has 74 heavy (non-hydrogen) atoms. The number of aromatic nitrogens is 10. The molecule has 10 rings (SSSR count). The van der Waals surface area contributed by atoms with Crippen LogP contribution in [0.1, 0.15) is 25.7 Å². The highest BCUT2D eigenvalue weighted by Gasteiger charge is 2.32. The lowest BCUT2D eigenvalue weighted by molar-refractivity contribution is -0.128. The fourth-order valence-corrected chi connectivity index (χ4v) is 8.70. The Kier molecular flexibility index (Phi) is 16.7. The SMILES string of the molecule is COc1cc(N=c2ccc3ncc(-c4cnn(C)c4)nc3n2CC2CCC(=O)N2C)c(F)c(OC)c1.COc1cc(OC)c(F)c(N(CC2CCC(=O)N2C)c2ccc3ncc(-c4cnn(C)c4)nc3n2)c1.S.S. The lowest BCUT2D eigenvalue weighted by atomic mass is 10.1. The first kappa shape index (κ1) is 53.9. The zero-order chi connectivity index (χ0) is 50.8. The summed E-state index contributed by atoms with van der Waals surface area (Å²) in [6.45, 7) is 0.746. The molecule has 20 nitrogen and oxygen atoms in total. The molecule has 2 aliphatic heterocycles. The Morgan fingerprint density at radius 1 is 0.662 bits per heavy atom. The molecule has 2 unspecified atom stereocenters. The van der Waals surface area contributed by atoms with Gasteiger partial charge in [-0.2, -0.15) is 37.2 Å². The van der Waals surface area contributed by atoms with Crippen LogP contribution in [0.4, 0.5) is 26.0 Å². The Labute approximate surface area is 438 Å². The predicted molar refractivity (Wildman–Crippen MR) is 283 cm³/mol. The number of likely N-dealkylation sites (tertiary alicyclic amines) is 2. The van der Waals surface area contributed by atoms with E-state index in [0.717, 1.165) is 11.1 Å². The summed E-state index contributed by atoms with van der Waals surface area (Å²) in [5.74, 6) is 0.373. The van der Waals surface area contributed by atoms with Gasteiger partial charge in [-0.25, -0.2) is 28.7 Å². The molecule has 6 aromatic heterocycles. The number of aryl methyl sites for hydroxylation is 2. The molecule has 0 bridgehead atoms. The number of ether oxygens (including phenoxy) is 4. The van der Waals surface area contributed by atoms with E-state index in [2.05, 4.69) is 30.1 Å². The van der Waals surface area contributed by atoms with Crippen LogP contribution in [0.2, 0.25) is 0 Å². The second-order valence-corrected chi connectivity index (χ2v) is 17.3. The molecule has 0 N–H and O–H groups in total. The van der Waals surface area contributed by atoms with Crippen molar-refractivity contribution in [1.82, 2.24) is 58.8 Å². The molecule has 24 heteroatoms. The molecule has 388 valence electrons. The number of carbonyl (C=O) groups excluding carboxylic acids is 2. The molecule has 0 saturated carbocycles. The van der Waals surface area contributed by atoms with Gasteiger partial charge in [0.05, 0.1) is 70.3 Å². The fourth-order valence-electron chi connectivity index (χ4n) is 8.70. The van der Waals surface area contributed by atoms with Crippen LogP contribution < -0.4 is 29.3 Å². The molecule has 8 aromatic rings. The van der Waals surface area contributed by atoms with E-state index in [0.29, 0.717) is 95.3 Å². The summed E-state index contributed by atoms with van der Waals surface area (Å²) in [5, 5.41) is 8.42. The van der Waals surface area contributed by atoms with Gasteiger partial charge in [-0.15, -0.1) is 0 Å². The van der Waals surface area contributed by atoms with Crippen LogP contribution in [0.3, 0.4) is 0 Å². The average Bonchev–Trinajstić information content (AvgIpc) is 4.19. The van der Waals surface area contributed by atoms with Crippen molar-refractivity contribution >= 4 is 78.3 Å². The van der Waals surface area contributed by atoms with Gasteiger partial charge in [0.25, 0.3) is 0 Å². The van der Waals surface area contributed by atoms with Crippen molar-refractivity contribution in [3.8, 4) is 45.5 Å². The number of nitrogens with zero attached hydrogens (tertiary/aromatic N) is 14. The van der Waals surface area contributed by atoms with Crippen molar-refractivity contribution in [2.75, 3.05) is 54.0 Å². The monoisotopic (exact) mass is 1050 g/mol. The smallest absolute Gasteiger partial charge is 0.222 e. The van der Waals surface area contributed by atoms with Gasteiger partial charge in [-0.3, -0.25) is 28.9 Å². The second-order valence-electron chi connectivity index (χ2n) is 17.3. The Morgan fingerprint density at radius 2 is 1.23 bits per heavy atom. The first-order valence-electron chi connectivity index (χ1n) is 22.9. The maximum Gasteiger partial charge on any atom is 0.222 e. The quantitative estimate of drug-likeness (QED) is 0.123. The van der Waals surface area contributed by atoms with Crippen LogP contribution in [0.25, 0.3) is 44.8 Å². The molecule has 2 amide bonds. The molecule has 2 atom stereocenters. The topological polar surface area (TPSA) is 198 Å². The third kappa shape index (κ3) is 11.0. The number of hydrogen-bond acceptors (Lipinski definition) is 15. The maximum atomic E-state index is 15.6. The van der Waals surface area contributed by atoms with Gasteiger partial charge in [0, 0.05) is 114 Å². The fraction of sp³-hybridized carbons (Fsp3) is 0.320. The standard InChI is InChI=1S/2C25H26FN7O3.2H2S/c1-31-13-15(11-28-31)19-12-27-18-6-7-22(30-25(18)29-19)33(14-16-5-8-23(34)32(16)2)20-9-17(35-3)10-21(36-4)24(20)26;1-31-13-15(11-28-31)20-12-27-18-6-7-22(29-19-9-17(35-3)10-21(36-4)24(19)26)33(25(18)30-20)14-16-5-8-23(34)32(16)2;;/h2*6-7,9-13,16H,5,8,14H2,1-4H3;2*1H2. The highest BCUT2D eigenvalue weighted by atomic mass is 32.1. The van der Waals surface area contributed by atoms with E-state index in [-0.39, 0.29) is 73.8 Å². The van der Waals surface area contributed by atoms with Crippen molar-refractivity contribution in [3.63, 3.8) is 0 Å². The number of anilines is 2. The highest BCUT2D eigenvalue weighted by Crippen LogP contribution is 2.38. The van der Waals surface area contributed by atoms with Crippen LogP contribution in [0.15, 0.2) is 90.7 Å². The van der Waals surface area contributed by atoms with Crippen molar-refractivity contribution in [2.24, 2.45) is 19.1 Å². The predicted octanol–water partition coefficient (Wildman–Crippen LogP) is 6.41. The summed E-state index contributed by atoms with van der Waals surface area (Å²) in [4.78, 5) is 57.6. The molecule has 0 radical (unpaired) electrons. The molecule has 0 aliphatic carbocycles. The number of likely N-dealkylation sites (N-methyl/N-ethyl adjacent to an activating group) is 2. The minimum absolute atomic E-state index is 0. The molecule has 2 saturated heterocycles. The molecule has 2 aromatic carbocycles. The van der Waals surface area contributed by atoms with Crippen molar-refractivity contribution < 1.29 is 37.3 Å². The normalized spacial score (nSPS) is 15.5. The van der Waals surface area contributed by atoms with Crippen molar-refractivity contribution in [1.29, 1.82) is 0 Å². The summed E-state index contributed by atoms with van der Waals surface area (Å²) in [6.07, 6.45) is 12.8. The molecule has 2 fully saturated rings. The summed E-state index contributed by atoms with van der Waals surface area (Å²) >= 11 is 0. The van der Waals surface area contributed by atoms with E-state index in [1.165, 1.54) is 46.6 Å². The number of methoxy groups -OCH3 is 4. The average molecular weight is 1050 g/mol. The highest BCUT2D eigenvalue weighted by molar-refractivity contribution is 7.59. The zero-order valence-electron chi connectivity index (χ0n) is 41.9. The first-order valence-corrected chi connectivity index (χ1v) is 22.9. The van der Waals surface area contributed by atoms with E-state index in [9.17, 15) is 9.59 Å². The van der Waals surface area contributed by atoms with Crippen LogP contribution in [0, 0.1) is 11.6 Å². The number of amides is 2. The van der Waals surface area contributed by atoms with E-state index in [4.69, 9.17) is 28.9 Å². The largest absolute Gasteiger partial charge is 0.497 e. The van der Waals surface area contributed by atoms with Crippen LogP contribution in [0.5, 0.6) is 23.0 Å². The lowest BCUT2D eigenvalue weighted by Crippen LogP contribution is -2.38. The summed E-state index contributed by atoms with van der Waals surface area (Å²) in [5.41, 5.74) is 5.87. The zero-order valence-corrected chi connectivity index (χ0v) is 43.9. The first-order chi connectivity index (χ1) is 34.7. The summed E-state index contributed by atoms with van der Waals surface area (Å²) in [7, 11) is 13.0. The number of rotatable bonds is 13. The Hall–Kier alpha value is -7.86. The van der Waals surface area contributed by atoms with Gasteiger partial charge in [0.2, 0.25) is 11.8 Å².